The van der Waals surface area contributed by atoms with Crippen molar-refractivity contribution in [2.75, 3.05) is 0 Å². The molecule has 2 heteroatoms. The molecule has 1 aromatic rings. The molecule has 52 valence electrons. The van der Waals surface area contributed by atoms with E-state index in [0.29, 0.717) is 0 Å². The zero-order chi connectivity index (χ0) is 7.03. The first-order valence-electron chi connectivity index (χ1n) is 3.36. The van der Waals surface area contributed by atoms with Gasteiger partial charge in [-0.3, -0.25) is 0 Å². The summed E-state index contributed by atoms with van der Waals surface area (Å²) in [5.74, 6) is 0. The van der Waals surface area contributed by atoms with Crippen molar-refractivity contribution in [3.05, 3.63) is 24.2 Å². The van der Waals surface area contributed by atoms with Gasteiger partial charge >= 0.3 is 0 Å². The van der Waals surface area contributed by atoms with Gasteiger partial charge in [0.1, 0.15) is 6.29 Å². The molecule has 0 unspecified atom stereocenters. The van der Waals surface area contributed by atoms with E-state index in [-0.39, 0.29) is 5.41 Å². The average molecular weight is 136 g/mol. The Bertz CT molecular complexity index is 232. The van der Waals surface area contributed by atoms with Gasteiger partial charge in [0.05, 0.1) is 17.9 Å². The number of hydrogen-bond donors (Lipinski definition) is 0. The van der Waals surface area contributed by atoms with Crippen LogP contribution in [-0.4, -0.2) is 6.29 Å². The van der Waals surface area contributed by atoms with E-state index in [1.54, 1.807) is 12.5 Å². The molecule has 2 rings (SSSR count). The van der Waals surface area contributed by atoms with Gasteiger partial charge in [-0.15, -0.1) is 0 Å². The Kier molecular flexibility index (Phi) is 0.982. The second-order valence-corrected chi connectivity index (χ2v) is 2.79. The molecule has 1 aromatic heterocycles. The Labute approximate surface area is 58.8 Å². The first kappa shape index (κ1) is 5.71. The molecule has 1 aliphatic carbocycles. The van der Waals surface area contributed by atoms with E-state index in [0.717, 1.165) is 24.7 Å². The maximum absolute atomic E-state index is 10.5. The minimum atomic E-state index is -0.160. The van der Waals surface area contributed by atoms with Crippen LogP contribution in [0.3, 0.4) is 0 Å². The topological polar surface area (TPSA) is 30.2 Å². The van der Waals surface area contributed by atoms with Crippen LogP contribution in [0, 0.1) is 0 Å². The maximum atomic E-state index is 10.5. The summed E-state index contributed by atoms with van der Waals surface area (Å²) in [5.41, 5.74) is 0.870. The lowest BCUT2D eigenvalue weighted by Crippen LogP contribution is -2.05. The van der Waals surface area contributed by atoms with E-state index in [4.69, 9.17) is 4.42 Å². The molecule has 0 atom stereocenters. The van der Waals surface area contributed by atoms with Gasteiger partial charge in [-0.1, -0.05) is 0 Å². The van der Waals surface area contributed by atoms with Gasteiger partial charge in [0, 0.05) is 5.56 Å². The van der Waals surface area contributed by atoms with Crippen LogP contribution in [0.1, 0.15) is 18.4 Å². The lowest BCUT2D eigenvalue weighted by atomic mass is 10.0. The molecule has 0 spiro atoms. The summed E-state index contributed by atoms with van der Waals surface area (Å²) >= 11 is 0. The molecule has 2 nitrogen and oxygen atoms in total. The van der Waals surface area contributed by atoms with E-state index >= 15 is 0 Å². The zero-order valence-corrected chi connectivity index (χ0v) is 5.54. The summed E-state index contributed by atoms with van der Waals surface area (Å²) in [7, 11) is 0. The van der Waals surface area contributed by atoms with Crippen LogP contribution in [0.15, 0.2) is 23.0 Å². The number of rotatable bonds is 2. The minimum Gasteiger partial charge on any atom is -0.472 e. The fourth-order valence-electron chi connectivity index (χ4n) is 1.16. The van der Waals surface area contributed by atoms with Crippen LogP contribution < -0.4 is 0 Å². The van der Waals surface area contributed by atoms with Gasteiger partial charge in [-0.2, -0.15) is 0 Å². The van der Waals surface area contributed by atoms with Gasteiger partial charge in [0.2, 0.25) is 0 Å². The van der Waals surface area contributed by atoms with Gasteiger partial charge < -0.3 is 9.21 Å². The second-order valence-electron chi connectivity index (χ2n) is 2.79. The highest BCUT2D eigenvalue weighted by Crippen LogP contribution is 2.46. The smallest absolute Gasteiger partial charge is 0.130 e. The van der Waals surface area contributed by atoms with Crippen LogP contribution in [0.2, 0.25) is 0 Å². The number of carbonyl (C=O) groups is 1. The molecule has 0 aliphatic heterocycles. The lowest BCUT2D eigenvalue weighted by molar-refractivity contribution is -0.109. The lowest BCUT2D eigenvalue weighted by Gasteiger charge is -1.98. The molecule has 0 saturated heterocycles. The highest BCUT2D eigenvalue weighted by molar-refractivity contribution is 5.72. The highest BCUT2D eigenvalue weighted by Gasteiger charge is 2.44. The van der Waals surface area contributed by atoms with Crippen molar-refractivity contribution in [2.45, 2.75) is 18.3 Å². The summed E-state index contributed by atoms with van der Waals surface area (Å²) in [5, 5.41) is 0. The summed E-state index contributed by atoms with van der Waals surface area (Å²) < 4.78 is 4.88. The van der Waals surface area contributed by atoms with Crippen molar-refractivity contribution in [3.63, 3.8) is 0 Å². The Morgan fingerprint density at radius 1 is 1.60 bits per heavy atom. The summed E-state index contributed by atoms with van der Waals surface area (Å²) in [6.45, 7) is 0. The summed E-state index contributed by atoms with van der Waals surface area (Å²) in [4.78, 5) is 10.5. The third-order valence-electron chi connectivity index (χ3n) is 2.11. The fourth-order valence-corrected chi connectivity index (χ4v) is 1.16. The van der Waals surface area contributed by atoms with Crippen LogP contribution in [0.4, 0.5) is 0 Å². The largest absolute Gasteiger partial charge is 0.472 e. The van der Waals surface area contributed by atoms with Crippen LogP contribution in [-0.2, 0) is 10.2 Å². The van der Waals surface area contributed by atoms with Crippen molar-refractivity contribution < 1.29 is 9.21 Å². The predicted octanol–water partition coefficient (Wildman–Crippen LogP) is 1.51. The van der Waals surface area contributed by atoms with Crippen LogP contribution in [0.5, 0.6) is 0 Å². The monoisotopic (exact) mass is 136 g/mol. The van der Waals surface area contributed by atoms with Crippen molar-refractivity contribution in [3.8, 4) is 0 Å². The van der Waals surface area contributed by atoms with Crippen molar-refractivity contribution in [1.29, 1.82) is 0 Å². The van der Waals surface area contributed by atoms with E-state index in [1.807, 2.05) is 6.07 Å². The predicted molar refractivity (Wildman–Crippen MR) is 35.7 cm³/mol. The average Bonchev–Trinajstić information content (AvgIpc) is 2.58. The molecule has 10 heavy (non-hydrogen) atoms. The fraction of sp³-hybridized carbons (Fsp3) is 0.375. The summed E-state index contributed by atoms with van der Waals surface area (Å²) in [6, 6.07) is 1.86. The summed E-state index contributed by atoms with van der Waals surface area (Å²) in [6.07, 6.45) is 6.25. The standard InChI is InChI=1S/C8H8O2/c9-6-8(2-3-8)7-1-4-10-5-7/h1,4-6H,2-3H2. The number of hydrogen-bond acceptors (Lipinski definition) is 2. The van der Waals surface area contributed by atoms with Crippen LogP contribution >= 0.6 is 0 Å². The van der Waals surface area contributed by atoms with Gasteiger partial charge in [-0.25, -0.2) is 0 Å². The number of furan rings is 1. The Morgan fingerprint density at radius 2 is 2.40 bits per heavy atom. The molecular weight excluding hydrogens is 128 g/mol. The first-order valence-corrected chi connectivity index (χ1v) is 3.36. The molecule has 1 heterocycles. The molecule has 1 saturated carbocycles. The molecule has 0 amide bonds. The van der Waals surface area contributed by atoms with E-state index < -0.39 is 0 Å². The van der Waals surface area contributed by atoms with Gasteiger partial charge in [-0.05, 0) is 18.9 Å². The van der Waals surface area contributed by atoms with Crippen molar-refractivity contribution in [2.24, 2.45) is 0 Å². The molecule has 1 aliphatic rings. The van der Waals surface area contributed by atoms with E-state index in [1.165, 1.54) is 0 Å². The minimum absolute atomic E-state index is 0.160. The zero-order valence-electron chi connectivity index (χ0n) is 5.54. The molecule has 0 aromatic carbocycles. The third-order valence-corrected chi connectivity index (χ3v) is 2.11. The highest BCUT2D eigenvalue weighted by atomic mass is 16.3. The number of carbonyl (C=O) groups excluding carboxylic acids is 1. The van der Waals surface area contributed by atoms with Gasteiger partial charge in [0.25, 0.3) is 0 Å². The molecule has 1 fully saturated rings. The van der Waals surface area contributed by atoms with Gasteiger partial charge in [0.15, 0.2) is 0 Å². The molecular formula is C8H8O2. The van der Waals surface area contributed by atoms with E-state index in [9.17, 15) is 4.79 Å². The normalized spacial score (nSPS) is 20.4. The first-order chi connectivity index (χ1) is 4.87. The Balaban J connectivity index is 2.35. The number of aldehydes is 1. The molecule has 0 radical (unpaired) electrons. The SMILES string of the molecule is O=CC1(c2ccoc2)CC1. The quantitative estimate of drug-likeness (QED) is 0.577. The van der Waals surface area contributed by atoms with Crippen molar-refractivity contribution >= 4 is 6.29 Å². The maximum Gasteiger partial charge on any atom is 0.130 e. The second kappa shape index (κ2) is 1.72. The third kappa shape index (κ3) is 0.618. The van der Waals surface area contributed by atoms with Crippen molar-refractivity contribution in [1.82, 2.24) is 0 Å². The molecule has 0 bridgehead atoms. The Morgan fingerprint density at radius 3 is 2.80 bits per heavy atom. The van der Waals surface area contributed by atoms with Crippen LogP contribution in [0.25, 0.3) is 0 Å². The molecule has 0 N–H and O–H groups in total. The van der Waals surface area contributed by atoms with E-state index in [2.05, 4.69) is 0 Å². The Hall–Kier alpha value is -1.05.